The summed E-state index contributed by atoms with van der Waals surface area (Å²) < 4.78 is 29.9. The van der Waals surface area contributed by atoms with Gasteiger partial charge in [0.05, 0.1) is 12.0 Å². The fourth-order valence-corrected chi connectivity index (χ4v) is 3.65. The van der Waals surface area contributed by atoms with Crippen molar-refractivity contribution in [1.29, 1.82) is 0 Å². The van der Waals surface area contributed by atoms with Crippen LogP contribution in [0.3, 0.4) is 0 Å². The number of nitrogens with zero attached hydrogens (tertiary/aromatic N) is 4. The smallest absolute Gasteiger partial charge is 0.274 e. The van der Waals surface area contributed by atoms with Crippen molar-refractivity contribution in [2.45, 2.75) is 25.7 Å². The molecule has 0 aliphatic carbocycles. The van der Waals surface area contributed by atoms with E-state index in [1.807, 2.05) is 6.92 Å². The van der Waals surface area contributed by atoms with E-state index < -0.39 is 30.2 Å². The topological polar surface area (TPSA) is 58.4 Å². The summed E-state index contributed by atoms with van der Waals surface area (Å²) in [4.78, 5) is 27.7. The molecule has 1 atom stereocenters. The Hall–Kier alpha value is -1.99. The lowest BCUT2D eigenvalue weighted by Crippen LogP contribution is -2.57. The van der Waals surface area contributed by atoms with Crippen molar-refractivity contribution in [1.82, 2.24) is 19.6 Å². The summed E-state index contributed by atoms with van der Waals surface area (Å²) in [5.41, 5.74) is -1.04. The molecule has 6 nitrogen and oxygen atoms in total. The molecule has 0 aromatic carbocycles. The number of amides is 2. The summed E-state index contributed by atoms with van der Waals surface area (Å²) in [5, 5.41) is 3.98. The molecule has 2 saturated heterocycles. The van der Waals surface area contributed by atoms with E-state index in [1.165, 1.54) is 10.7 Å². The molecule has 0 unspecified atom stereocenters. The van der Waals surface area contributed by atoms with E-state index in [4.69, 9.17) is 0 Å². The maximum absolute atomic E-state index is 14.2. The second kappa shape index (κ2) is 5.28. The first-order chi connectivity index (χ1) is 10.8. The normalized spacial score (nSPS) is 27.0. The molecule has 0 radical (unpaired) electrons. The van der Waals surface area contributed by atoms with Crippen molar-refractivity contribution in [3.63, 3.8) is 0 Å². The monoisotopic (exact) mass is 326 g/mol. The molecular formula is C15H20F2N4O2. The lowest BCUT2D eigenvalue weighted by molar-refractivity contribution is -0.151. The third-order valence-electron chi connectivity index (χ3n) is 4.72. The largest absolute Gasteiger partial charge is 0.342 e. The molecule has 2 fully saturated rings. The first-order valence-electron chi connectivity index (χ1n) is 7.72. The Morgan fingerprint density at radius 1 is 1.39 bits per heavy atom. The minimum atomic E-state index is -3.07. The number of likely N-dealkylation sites (tertiary alicyclic amines) is 2. The number of piperidine rings is 1. The van der Waals surface area contributed by atoms with Gasteiger partial charge in [0.2, 0.25) is 5.91 Å². The van der Waals surface area contributed by atoms with E-state index in [9.17, 15) is 18.4 Å². The van der Waals surface area contributed by atoms with Gasteiger partial charge in [-0.1, -0.05) is 0 Å². The number of aromatic nitrogens is 2. The van der Waals surface area contributed by atoms with Gasteiger partial charge in [0.15, 0.2) is 0 Å². The maximum atomic E-state index is 14.2. The van der Waals surface area contributed by atoms with Crippen LogP contribution in [0.4, 0.5) is 8.78 Å². The van der Waals surface area contributed by atoms with E-state index in [-0.39, 0.29) is 18.1 Å². The highest BCUT2D eigenvalue weighted by Gasteiger charge is 2.57. The number of alkyl halides is 2. The van der Waals surface area contributed by atoms with Gasteiger partial charge in [0.1, 0.15) is 5.69 Å². The minimum absolute atomic E-state index is 0.0351. The molecule has 0 N–H and O–H groups in total. The number of hydrogen-bond acceptors (Lipinski definition) is 3. The molecule has 3 heterocycles. The van der Waals surface area contributed by atoms with Crippen LogP contribution in [0.15, 0.2) is 12.3 Å². The van der Waals surface area contributed by atoms with Crippen LogP contribution >= 0.6 is 0 Å². The lowest BCUT2D eigenvalue weighted by Gasteiger charge is -2.42. The highest BCUT2D eigenvalue weighted by molar-refractivity contribution is 5.93. The molecule has 2 aliphatic heterocycles. The summed E-state index contributed by atoms with van der Waals surface area (Å²) in [6.45, 7) is 2.17. The van der Waals surface area contributed by atoms with E-state index in [0.29, 0.717) is 19.5 Å². The van der Waals surface area contributed by atoms with Crippen molar-refractivity contribution in [3.8, 4) is 0 Å². The molecular weight excluding hydrogens is 306 g/mol. The first kappa shape index (κ1) is 15.9. The number of carbonyl (C=O) groups is 2. The molecule has 126 valence electrons. The second-order valence-corrected chi connectivity index (χ2v) is 6.48. The van der Waals surface area contributed by atoms with Crippen LogP contribution in [0.5, 0.6) is 0 Å². The number of rotatable bonds is 2. The van der Waals surface area contributed by atoms with Crippen molar-refractivity contribution in [2.75, 3.05) is 26.2 Å². The Labute approximate surface area is 133 Å². The van der Waals surface area contributed by atoms with Crippen LogP contribution in [0.2, 0.25) is 0 Å². The predicted molar refractivity (Wildman–Crippen MR) is 78.0 cm³/mol. The van der Waals surface area contributed by atoms with Gasteiger partial charge >= 0.3 is 0 Å². The lowest BCUT2D eigenvalue weighted by atomic mass is 9.77. The van der Waals surface area contributed by atoms with Gasteiger partial charge in [0.25, 0.3) is 11.8 Å². The van der Waals surface area contributed by atoms with Crippen LogP contribution in [0.25, 0.3) is 0 Å². The molecule has 2 amide bonds. The third-order valence-corrected chi connectivity index (χ3v) is 4.72. The fraction of sp³-hybridized carbons (Fsp3) is 0.667. The van der Waals surface area contributed by atoms with Gasteiger partial charge in [-0.05, 0) is 19.4 Å². The maximum Gasteiger partial charge on any atom is 0.274 e. The van der Waals surface area contributed by atoms with Crippen LogP contribution in [0, 0.1) is 5.41 Å². The minimum Gasteiger partial charge on any atom is -0.342 e. The SMILES string of the molecule is CCN1CC[C@]2(CN(C(=O)c3ccn(C)n3)CC(F)(F)C2)C1=O. The first-order valence-corrected chi connectivity index (χ1v) is 7.72. The number of aryl methyl sites for hydroxylation is 1. The second-order valence-electron chi connectivity index (χ2n) is 6.48. The Morgan fingerprint density at radius 3 is 2.70 bits per heavy atom. The fourth-order valence-electron chi connectivity index (χ4n) is 3.65. The van der Waals surface area contributed by atoms with E-state index in [2.05, 4.69) is 5.10 Å². The van der Waals surface area contributed by atoms with E-state index >= 15 is 0 Å². The molecule has 0 bridgehead atoms. The van der Waals surface area contributed by atoms with Gasteiger partial charge in [-0.15, -0.1) is 0 Å². The highest BCUT2D eigenvalue weighted by Crippen LogP contribution is 2.45. The number of carbonyl (C=O) groups excluding carboxylic acids is 2. The van der Waals surface area contributed by atoms with Gasteiger partial charge in [0, 0.05) is 39.3 Å². The predicted octanol–water partition coefficient (Wildman–Crippen LogP) is 1.14. The highest BCUT2D eigenvalue weighted by atomic mass is 19.3. The summed E-state index contributed by atoms with van der Waals surface area (Å²) in [5.74, 6) is -3.88. The zero-order valence-electron chi connectivity index (χ0n) is 13.3. The van der Waals surface area contributed by atoms with Crippen molar-refractivity contribution < 1.29 is 18.4 Å². The van der Waals surface area contributed by atoms with Crippen LogP contribution in [-0.2, 0) is 11.8 Å². The molecule has 1 aromatic heterocycles. The van der Waals surface area contributed by atoms with Gasteiger partial charge < -0.3 is 9.80 Å². The molecule has 1 spiro atoms. The van der Waals surface area contributed by atoms with Crippen molar-refractivity contribution in [3.05, 3.63) is 18.0 Å². The van der Waals surface area contributed by atoms with Gasteiger partial charge in [-0.25, -0.2) is 8.78 Å². The summed E-state index contributed by atoms with van der Waals surface area (Å²) in [6.07, 6.45) is 1.47. The van der Waals surface area contributed by atoms with Crippen molar-refractivity contribution in [2.24, 2.45) is 12.5 Å². The van der Waals surface area contributed by atoms with Crippen molar-refractivity contribution >= 4 is 11.8 Å². The average molecular weight is 326 g/mol. The number of hydrogen-bond donors (Lipinski definition) is 0. The zero-order valence-corrected chi connectivity index (χ0v) is 13.3. The van der Waals surface area contributed by atoms with Crippen LogP contribution in [-0.4, -0.2) is 63.5 Å². The standard InChI is InChI=1S/C15H20F2N4O2/c1-3-20-7-5-14(13(20)23)8-15(16,17)10-21(9-14)12(22)11-4-6-19(2)18-11/h4,6H,3,5,7-10H2,1-2H3/t14-/m0/s1. The molecule has 3 rings (SSSR count). The Morgan fingerprint density at radius 2 is 2.13 bits per heavy atom. The van der Waals surface area contributed by atoms with Crippen LogP contribution in [0.1, 0.15) is 30.3 Å². The molecule has 8 heteroatoms. The Balaban J connectivity index is 1.88. The Kier molecular flexibility index (Phi) is 3.65. The quantitative estimate of drug-likeness (QED) is 0.819. The summed E-state index contributed by atoms with van der Waals surface area (Å²) >= 11 is 0. The van der Waals surface area contributed by atoms with E-state index in [0.717, 1.165) is 4.90 Å². The number of halogens is 2. The zero-order chi connectivity index (χ0) is 16.8. The average Bonchev–Trinajstić information content (AvgIpc) is 3.02. The molecule has 23 heavy (non-hydrogen) atoms. The van der Waals surface area contributed by atoms with E-state index in [1.54, 1.807) is 18.1 Å². The third kappa shape index (κ3) is 2.70. The molecule has 1 aromatic rings. The summed E-state index contributed by atoms with van der Waals surface area (Å²) in [7, 11) is 1.66. The van der Waals surface area contributed by atoms with Crippen LogP contribution < -0.4 is 0 Å². The van der Waals surface area contributed by atoms with Gasteiger partial charge in [-0.2, -0.15) is 5.10 Å². The van der Waals surface area contributed by atoms with Gasteiger partial charge in [-0.3, -0.25) is 14.3 Å². The Bertz CT molecular complexity index is 645. The molecule has 2 aliphatic rings. The molecule has 0 saturated carbocycles. The summed E-state index contributed by atoms with van der Waals surface area (Å²) in [6, 6.07) is 1.50.